The first kappa shape index (κ1) is 17.9. The van der Waals surface area contributed by atoms with Crippen molar-refractivity contribution in [2.75, 3.05) is 45.2 Å². The van der Waals surface area contributed by atoms with Crippen molar-refractivity contribution in [3.8, 4) is 5.75 Å². The highest BCUT2D eigenvalue weighted by Crippen LogP contribution is 2.28. The van der Waals surface area contributed by atoms with E-state index in [1.54, 1.807) is 25.3 Å². The van der Waals surface area contributed by atoms with Crippen LogP contribution in [0.4, 0.5) is 10.5 Å². The second kappa shape index (κ2) is 8.41. The number of nitrogens with one attached hydrogen (secondary N) is 1. The molecule has 6 heteroatoms. The number of benzene rings is 1. The van der Waals surface area contributed by atoms with Crippen LogP contribution in [0.1, 0.15) is 20.3 Å². The summed E-state index contributed by atoms with van der Waals surface area (Å²) in [4.78, 5) is 16.7. The van der Waals surface area contributed by atoms with Gasteiger partial charge in [-0.05, 0) is 43.6 Å². The van der Waals surface area contributed by atoms with E-state index in [1.165, 1.54) is 0 Å². The zero-order valence-electron chi connectivity index (χ0n) is 14.1. The summed E-state index contributed by atoms with van der Waals surface area (Å²) in [5, 5.41) is 3.48. The maximum atomic E-state index is 12.5. The van der Waals surface area contributed by atoms with E-state index in [9.17, 15) is 4.79 Å². The van der Waals surface area contributed by atoms with Crippen LogP contribution in [-0.2, 0) is 0 Å². The number of amides is 2. The Morgan fingerprint density at radius 3 is 2.83 bits per heavy atom. The number of hydrogen-bond acceptors (Lipinski definition) is 3. The third-order valence-electron chi connectivity index (χ3n) is 4.39. The van der Waals surface area contributed by atoms with Crippen molar-refractivity contribution < 1.29 is 9.53 Å². The molecule has 1 saturated heterocycles. The van der Waals surface area contributed by atoms with Gasteiger partial charge in [-0.25, -0.2) is 4.79 Å². The Bertz CT molecular complexity index is 535. The average Bonchev–Trinajstić information content (AvgIpc) is 3.01. The van der Waals surface area contributed by atoms with Crippen molar-refractivity contribution in [1.29, 1.82) is 0 Å². The van der Waals surface area contributed by atoms with Gasteiger partial charge in [0.05, 0.1) is 12.8 Å². The van der Waals surface area contributed by atoms with Crippen LogP contribution >= 0.6 is 11.6 Å². The van der Waals surface area contributed by atoms with Gasteiger partial charge in [0, 0.05) is 24.7 Å². The van der Waals surface area contributed by atoms with Gasteiger partial charge < -0.3 is 19.9 Å². The summed E-state index contributed by atoms with van der Waals surface area (Å²) >= 11 is 6.00. The summed E-state index contributed by atoms with van der Waals surface area (Å²) in [5.74, 6) is 1.16. The Morgan fingerprint density at radius 2 is 2.17 bits per heavy atom. The minimum Gasteiger partial charge on any atom is -0.495 e. The van der Waals surface area contributed by atoms with E-state index in [0.29, 0.717) is 22.4 Å². The first-order valence-electron chi connectivity index (χ1n) is 8.19. The largest absolute Gasteiger partial charge is 0.495 e. The fraction of sp³-hybridized carbons (Fsp3) is 0.588. The average molecular weight is 340 g/mol. The Kier molecular flexibility index (Phi) is 6.54. The summed E-state index contributed by atoms with van der Waals surface area (Å²) < 4.78 is 5.27. The third kappa shape index (κ3) is 4.75. The highest BCUT2D eigenvalue weighted by atomic mass is 35.5. The van der Waals surface area contributed by atoms with Gasteiger partial charge in [-0.15, -0.1) is 0 Å². The lowest BCUT2D eigenvalue weighted by Gasteiger charge is -2.23. The number of carbonyl (C=O) groups excluding carboxylic acids is 1. The standard InChI is InChI=1S/C17H26ClN3O2/c1-4-20(5-2)11-13-8-9-21(12-13)17(22)19-15-10-14(18)6-7-16(15)23-3/h6-7,10,13H,4-5,8-9,11-12H2,1-3H3,(H,19,22)/t13-/m0/s1. The second-order valence-electron chi connectivity index (χ2n) is 5.86. The molecule has 128 valence electrons. The lowest BCUT2D eigenvalue weighted by atomic mass is 10.1. The van der Waals surface area contributed by atoms with Crippen molar-refractivity contribution in [2.24, 2.45) is 5.92 Å². The molecule has 0 aliphatic carbocycles. The van der Waals surface area contributed by atoms with Crippen LogP contribution in [0.25, 0.3) is 0 Å². The van der Waals surface area contributed by atoms with Crippen molar-refractivity contribution in [3.63, 3.8) is 0 Å². The summed E-state index contributed by atoms with van der Waals surface area (Å²) in [6.45, 7) is 9.10. The zero-order valence-corrected chi connectivity index (χ0v) is 14.9. The Balaban J connectivity index is 1.93. The lowest BCUT2D eigenvalue weighted by Crippen LogP contribution is -2.35. The number of nitrogens with zero attached hydrogens (tertiary/aromatic N) is 2. The molecule has 1 N–H and O–H groups in total. The van der Waals surface area contributed by atoms with Crippen LogP contribution in [0.2, 0.25) is 5.02 Å². The number of likely N-dealkylation sites (tertiary alicyclic amines) is 1. The van der Waals surface area contributed by atoms with Gasteiger partial charge in [-0.1, -0.05) is 25.4 Å². The van der Waals surface area contributed by atoms with Gasteiger partial charge in [0.15, 0.2) is 0 Å². The molecule has 2 rings (SSSR count). The minimum absolute atomic E-state index is 0.0902. The molecule has 5 nitrogen and oxygen atoms in total. The molecule has 1 atom stereocenters. The van der Waals surface area contributed by atoms with E-state index in [1.807, 2.05) is 4.90 Å². The van der Waals surface area contributed by atoms with Crippen molar-refractivity contribution in [3.05, 3.63) is 23.2 Å². The number of anilines is 1. The van der Waals surface area contributed by atoms with Gasteiger partial charge in [0.2, 0.25) is 0 Å². The van der Waals surface area contributed by atoms with Crippen LogP contribution in [0.15, 0.2) is 18.2 Å². The molecule has 2 amide bonds. The number of methoxy groups -OCH3 is 1. The number of halogens is 1. The molecule has 0 aromatic heterocycles. The Hall–Kier alpha value is -1.46. The summed E-state index contributed by atoms with van der Waals surface area (Å²) in [7, 11) is 1.58. The van der Waals surface area contributed by atoms with Gasteiger partial charge in [0.1, 0.15) is 5.75 Å². The second-order valence-corrected chi connectivity index (χ2v) is 6.30. The molecule has 23 heavy (non-hydrogen) atoms. The topological polar surface area (TPSA) is 44.8 Å². The summed E-state index contributed by atoms with van der Waals surface area (Å²) in [6.07, 6.45) is 1.05. The maximum Gasteiger partial charge on any atom is 0.321 e. The van der Waals surface area contributed by atoms with Crippen LogP contribution in [0.3, 0.4) is 0 Å². The van der Waals surface area contributed by atoms with Crippen LogP contribution in [0.5, 0.6) is 5.75 Å². The predicted octanol–water partition coefficient (Wildman–Crippen LogP) is 3.54. The fourth-order valence-electron chi connectivity index (χ4n) is 2.99. The van der Waals surface area contributed by atoms with Crippen molar-refractivity contribution in [2.45, 2.75) is 20.3 Å². The molecule has 0 saturated carbocycles. The number of ether oxygens (including phenoxy) is 1. The number of hydrogen-bond donors (Lipinski definition) is 1. The number of rotatable bonds is 6. The smallest absolute Gasteiger partial charge is 0.321 e. The highest BCUT2D eigenvalue weighted by molar-refractivity contribution is 6.31. The van der Waals surface area contributed by atoms with Crippen molar-refractivity contribution in [1.82, 2.24) is 9.80 Å². The van der Waals surface area contributed by atoms with Gasteiger partial charge >= 0.3 is 6.03 Å². The number of urea groups is 1. The SMILES string of the molecule is CCN(CC)C[C@@H]1CCN(C(=O)Nc2cc(Cl)ccc2OC)C1. The lowest BCUT2D eigenvalue weighted by molar-refractivity contribution is 0.215. The molecular weight excluding hydrogens is 314 g/mol. The van der Waals surface area contributed by atoms with Gasteiger partial charge in [-0.3, -0.25) is 0 Å². The molecule has 1 aromatic carbocycles. The van der Waals surface area contributed by atoms with E-state index in [0.717, 1.165) is 39.1 Å². The van der Waals surface area contributed by atoms with E-state index < -0.39 is 0 Å². The normalized spacial score (nSPS) is 17.6. The van der Waals surface area contributed by atoms with E-state index >= 15 is 0 Å². The first-order valence-corrected chi connectivity index (χ1v) is 8.57. The molecule has 1 aliphatic rings. The monoisotopic (exact) mass is 339 g/mol. The molecule has 1 heterocycles. The minimum atomic E-state index is -0.0902. The Morgan fingerprint density at radius 1 is 1.43 bits per heavy atom. The van der Waals surface area contributed by atoms with Crippen LogP contribution < -0.4 is 10.1 Å². The third-order valence-corrected chi connectivity index (χ3v) is 4.62. The zero-order chi connectivity index (χ0) is 16.8. The molecule has 1 aromatic rings. The maximum absolute atomic E-state index is 12.5. The summed E-state index contributed by atoms with van der Waals surface area (Å²) in [6, 6.07) is 5.12. The molecular formula is C17H26ClN3O2. The first-order chi connectivity index (χ1) is 11.1. The molecule has 1 aliphatic heterocycles. The van der Waals surface area contributed by atoms with E-state index in [-0.39, 0.29) is 6.03 Å². The van der Waals surface area contributed by atoms with E-state index in [2.05, 4.69) is 24.1 Å². The highest BCUT2D eigenvalue weighted by Gasteiger charge is 2.27. The Labute approximate surface area is 143 Å². The van der Waals surface area contributed by atoms with Gasteiger partial charge in [-0.2, -0.15) is 0 Å². The molecule has 0 spiro atoms. The fourth-order valence-corrected chi connectivity index (χ4v) is 3.16. The predicted molar refractivity (Wildman–Crippen MR) is 94.5 cm³/mol. The van der Waals surface area contributed by atoms with Crippen LogP contribution in [0, 0.1) is 5.92 Å². The van der Waals surface area contributed by atoms with Crippen molar-refractivity contribution >= 4 is 23.3 Å². The van der Waals surface area contributed by atoms with Crippen LogP contribution in [-0.4, -0.2) is 55.7 Å². The van der Waals surface area contributed by atoms with E-state index in [4.69, 9.17) is 16.3 Å². The molecule has 0 bridgehead atoms. The number of carbonyl (C=O) groups is 1. The molecule has 0 radical (unpaired) electrons. The molecule has 1 fully saturated rings. The summed E-state index contributed by atoms with van der Waals surface area (Å²) in [5.41, 5.74) is 0.609. The van der Waals surface area contributed by atoms with Gasteiger partial charge in [0.25, 0.3) is 0 Å². The quantitative estimate of drug-likeness (QED) is 0.862. The molecule has 0 unspecified atom stereocenters.